The number of aromatic nitrogens is 2. The van der Waals surface area contributed by atoms with Crippen molar-refractivity contribution >= 4 is 5.91 Å². The fourth-order valence-electron chi connectivity index (χ4n) is 2.76. The molecule has 2 aromatic rings. The first kappa shape index (κ1) is 15.7. The molecule has 0 aromatic carbocycles. The minimum atomic E-state index is -0.153. The van der Waals surface area contributed by atoms with Crippen molar-refractivity contribution in [2.75, 3.05) is 6.54 Å². The van der Waals surface area contributed by atoms with Crippen molar-refractivity contribution < 1.29 is 13.7 Å². The number of nitrogens with one attached hydrogen (secondary N) is 1. The van der Waals surface area contributed by atoms with Gasteiger partial charge in [-0.2, -0.15) is 4.98 Å². The molecule has 124 valence electrons. The Balaban J connectivity index is 1.57. The Morgan fingerprint density at radius 3 is 3.09 bits per heavy atom. The third kappa shape index (κ3) is 3.79. The van der Waals surface area contributed by atoms with Crippen LogP contribution in [0.5, 0.6) is 0 Å². The van der Waals surface area contributed by atoms with Crippen LogP contribution in [-0.2, 0) is 17.9 Å². The molecule has 3 heterocycles. The predicted octanol–water partition coefficient (Wildman–Crippen LogP) is 2.07. The van der Waals surface area contributed by atoms with Crippen molar-refractivity contribution in [2.24, 2.45) is 0 Å². The Hall–Kier alpha value is -2.15. The second-order valence-electron chi connectivity index (χ2n) is 6.13. The zero-order valence-corrected chi connectivity index (χ0v) is 13.5. The van der Waals surface area contributed by atoms with Gasteiger partial charge in [-0.15, -0.1) is 0 Å². The quantitative estimate of drug-likeness (QED) is 0.877. The van der Waals surface area contributed by atoms with E-state index in [0.29, 0.717) is 24.8 Å². The van der Waals surface area contributed by atoms with Crippen molar-refractivity contribution in [3.05, 3.63) is 35.9 Å². The molecule has 1 amide bonds. The lowest BCUT2D eigenvalue weighted by molar-refractivity contribution is -0.126. The van der Waals surface area contributed by atoms with Crippen LogP contribution in [0, 0.1) is 0 Å². The molecule has 1 unspecified atom stereocenters. The van der Waals surface area contributed by atoms with Crippen molar-refractivity contribution in [3.8, 4) is 0 Å². The van der Waals surface area contributed by atoms with Gasteiger partial charge in [-0.1, -0.05) is 19.0 Å². The standard InChI is InChI=1S/C16H22N4O3/c1-11(2)15-18-14(23-19-15)10-20-7-3-6-13(20)16(21)17-9-12-5-4-8-22-12/h4-5,8,11,13H,3,6-7,9-10H2,1-2H3,(H,17,21). The Morgan fingerprint density at radius 2 is 2.39 bits per heavy atom. The lowest BCUT2D eigenvalue weighted by Crippen LogP contribution is -2.42. The van der Waals surface area contributed by atoms with Crippen LogP contribution in [0.25, 0.3) is 0 Å². The highest BCUT2D eigenvalue weighted by molar-refractivity contribution is 5.81. The molecule has 7 nitrogen and oxygen atoms in total. The summed E-state index contributed by atoms with van der Waals surface area (Å²) in [4.78, 5) is 18.9. The van der Waals surface area contributed by atoms with E-state index in [-0.39, 0.29) is 17.9 Å². The maximum absolute atomic E-state index is 12.4. The summed E-state index contributed by atoms with van der Waals surface area (Å²) in [7, 11) is 0. The maximum atomic E-state index is 12.4. The number of amides is 1. The summed E-state index contributed by atoms with van der Waals surface area (Å²) in [5.41, 5.74) is 0. The van der Waals surface area contributed by atoms with Crippen LogP contribution < -0.4 is 5.32 Å². The van der Waals surface area contributed by atoms with Crippen LogP contribution in [0.1, 0.15) is 50.1 Å². The molecule has 23 heavy (non-hydrogen) atoms. The minimum Gasteiger partial charge on any atom is -0.467 e. The Morgan fingerprint density at radius 1 is 1.52 bits per heavy atom. The van der Waals surface area contributed by atoms with E-state index in [1.54, 1.807) is 6.26 Å². The lowest BCUT2D eigenvalue weighted by Gasteiger charge is -2.21. The average Bonchev–Trinajstić information content (AvgIpc) is 3.27. The Labute approximate surface area is 135 Å². The van der Waals surface area contributed by atoms with Gasteiger partial charge in [-0.25, -0.2) is 0 Å². The molecule has 0 aliphatic carbocycles. The van der Waals surface area contributed by atoms with E-state index in [4.69, 9.17) is 8.94 Å². The summed E-state index contributed by atoms with van der Waals surface area (Å²) in [5, 5.41) is 6.90. The highest BCUT2D eigenvalue weighted by atomic mass is 16.5. The van der Waals surface area contributed by atoms with Gasteiger partial charge in [0.05, 0.1) is 25.4 Å². The molecule has 1 aliphatic rings. The van der Waals surface area contributed by atoms with Crippen LogP contribution in [0.15, 0.2) is 27.3 Å². The number of hydrogen-bond acceptors (Lipinski definition) is 6. The first-order chi connectivity index (χ1) is 11.1. The molecule has 0 spiro atoms. The van der Waals surface area contributed by atoms with Crippen molar-refractivity contribution in [2.45, 2.75) is 51.7 Å². The van der Waals surface area contributed by atoms with Gasteiger partial charge in [-0.3, -0.25) is 9.69 Å². The molecule has 1 fully saturated rings. The van der Waals surface area contributed by atoms with E-state index in [1.807, 2.05) is 26.0 Å². The zero-order chi connectivity index (χ0) is 16.2. The molecule has 3 rings (SSSR count). The molecule has 1 N–H and O–H groups in total. The fraction of sp³-hybridized carbons (Fsp3) is 0.562. The summed E-state index contributed by atoms with van der Waals surface area (Å²) in [6.07, 6.45) is 3.43. The normalized spacial score (nSPS) is 18.7. The SMILES string of the molecule is CC(C)c1noc(CN2CCCC2C(=O)NCc2ccco2)n1. The summed E-state index contributed by atoms with van der Waals surface area (Å²) < 4.78 is 10.5. The van der Waals surface area contributed by atoms with Gasteiger partial charge in [-0.05, 0) is 31.5 Å². The molecule has 0 radical (unpaired) electrons. The molecule has 0 bridgehead atoms. The second kappa shape index (κ2) is 6.95. The summed E-state index contributed by atoms with van der Waals surface area (Å²) in [6.45, 7) is 5.83. The molecule has 7 heteroatoms. The number of rotatable bonds is 6. The third-order valence-corrected chi connectivity index (χ3v) is 4.02. The molecular weight excluding hydrogens is 296 g/mol. The average molecular weight is 318 g/mol. The number of hydrogen-bond donors (Lipinski definition) is 1. The van der Waals surface area contributed by atoms with E-state index in [2.05, 4.69) is 20.4 Å². The summed E-state index contributed by atoms with van der Waals surface area (Å²) >= 11 is 0. The molecule has 1 saturated heterocycles. The Bertz CT molecular complexity index is 636. The van der Waals surface area contributed by atoms with Crippen LogP contribution in [0.2, 0.25) is 0 Å². The van der Waals surface area contributed by atoms with Gasteiger partial charge in [0, 0.05) is 5.92 Å². The van der Waals surface area contributed by atoms with E-state index in [9.17, 15) is 4.79 Å². The van der Waals surface area contributed by atoms with Crippen molar-refractivity contribution in [1.82, 2.24) is 20.4 Å². The number of furan rings is 1. The van der Waals surface area contributed by atoms with Crippen molar-refractivity contribution in [1.29, 1.82) is 0 Å². The third-order valence-electron chi connectivity index (χ3n) is 4.02. The highest BCUT2D eigenvalue weighted by Crippen LogP contribution is 2.20. The maximum Gasteiger partial charge on any atom is 0.240 e. The monoisotopic (exact) mass is 318 g/mol. The second-order valence-corrected chi connectivity index (χ2v) is 6.13. The largest absolute Gasteiger partial charge is 0.467 e. The van der Waals surface area contributed by atoms with E-state index >= 15 is 0 Å². The molecule has 0 saturated carbocycles. The minimum absolute atomic E-state index is 0.0162. The van der Waals surface area contributed by atoms with E-state index in [0.717, 1.165) is 25.1 Å². The van der Waals surface area contributed by atoms with Crippen LogP contribution >= 0.6 is 0 Å². The number of nitrogens with zero attached hydrogens (tertiary/aromatic N) is 3. The van der Waals surface area contributed by atoms with Gasteiger partial charge in [0.25, 0.3) is 0 Å². The van der Waals surface area contributed by atoms with Gasteiger partial charge in [0.2, 0.25) is 11.8 Å². The fourth-order valence-corrected chi connectivity index (χ4v) is 2.76. The number of likely N-dealkylation sites (tertiary alicyclic amines) is 1. The highest BCUT2D eigenvalue weighted by Gasteiger charge is 2.31. The van der Waals surface area contributed by atoms with Gasteiger partial charge in [0.1, 0.15) is 5.76 Å². The van der Waals surface area contributed by atoms with Crippen molar-refractivity contribution in [3.63, 3.8) is 0 Å². The molecular formula is C16H22N4O3. The Kier molecular flexibility index (Phi) is 4.76. The summed E-state index contributed by atoms with van der Waals surface area (Å²) in [5.74, 6) is 2.28. The zero-order valence-electron chi connectivity index (χ0n) is 13.5. The predicted molar refractivity (Wildman–Crippen MR) is 82.4 cm³/mol. The van der Waals surface area contributed by atoms with E-state index < -0.39 is 0 Å². The van der Waals surface area contributed by atoms with Gasteiger partial charge >= 0.3 is 0 Å². The number of carbonyl (C=O) groups excluding carboxylic acids is 1. The molecule has 1 atom stereocenters. The molecule has 1 aliphatic heterocycles. The lowest BCUT2D eigenvalue weighted by atomic mass is 10.2. The topological polar surface area (TPSA) is 84.4 Å². The van der Waals surface area contributed by atoms with Gasteiger partial charge in [0.15, 0.2) is 5.82 Å². The van der Waals surface area contributed by atoms with Crippen LogP contribution in [0.4, 0.5) is 0 Å². The van der Waals surface area contributed by atoms with Gasteiger partial charge < -0.3 is 14.3 Å². The van der Waals surface area contributed by atoms with Crippen LogP contribution in [-0.4, -0.2) is 33.5 Å². The van der Waals surface area contributed by atoms with E-state index in [1.165, 1.54) is 0 Å². The first-order valence-electron chi connectivity index (χ1n) is 8.00. The first-order valence-corrected chi connectivity index (χ1v) is 8.00. The smallest absolute Gasteiger partial charge is 0.240 e. The van der Waals surface area contributed by atoms with Crippen LogP contribution in [0.3, 0.4) is 0 Å². The molecule has 2 aromatic heterocycles. The summed E-state index contributed by atoms with van der Waals surface area (Å²) in [6, 6.07) is 3.50. The number of carbonyl (C=O) groups is 1.